The molecule has 0 aliphatic carbocycles. The number of methoxy groups -OCH3 is 1. The van der Waals surface area contributed by atoms with Gasteiger partial charge in [0.1, 0.15) is 5.60 Å². The Balaban J connectivity index is 1.55. The fourth-order valence-corrected chi connectivity index (χ4v) is 4.07. The first-order chi connectivity index (χ1) is 10.0. The van der Waals surface area contributed by atoms with E-state index in [0.29, 0.717) is 0 Å². The highest BCUT2D eigenvalue weighted by Crippen LogP contribution is 2.31. The second-order valence-electron chi connectivity index (χ2n) is 7.25. The Kier molecular flexibility index (Phi) is 4.26. The summed E-state index contributed by atoms with van der Waals surface area (Å²) in [4.78, 5) is 19.6. The maximum Gasteiger partial charge on any atom is 0.254 e. The van der Waals surface area contributed by atoms with E-state index in [1.54, 1.807) is 7.11 Å². The van der Waals surface area contributed by atoms with Crippen molar-refractivity contribution in [3.63, 3.8) is 0 Å². The lowest BCUT2D eigenvalue weighted by Crippen LogP contribution is -2.62. The van der Waals surface area contributed by atoms with Crippen molar-refractivity contribution >= 4 is 5.91 Å². The van der Waals surface area contributed by atoms with Crippen LogP contribution in [0.4, 0.5) is 0 Å². The van der Waals surface area contributed by atoms with E-state index >= 15 is 0 Å². The van der Waals surface area contributed by atoms with Crippen molar-refractivity contribution in [3.05, 3.63) is 0 Å². The highest BCUT2D eigenvalue weighted by Gasteiger charge is 2.40. The van der Waals surface area contributed by atoms with Crippen molar-refractivity contribution in [2.24, 2.45) is 5.92 Å². The second kappa shape index (κ2) is 5.86. The zero-order valence-electron chi connectivity index (χ0n) is 13.7. The Morgan fingerprint density at radius 3 is 2.14 bits per heavy atom. The van der Waals surface area contributed by atoms with E-state index in [-0.39, 0.29) is 5.91 Å². The van der Waals surface area contributed by atoms with E-state index in [0.717, 1.165) is 38.1 Å². The van der Waals surface area contributed by atoms with Gasteiger partial charge in [0.25, 0.3) is 5.91 Å². The van der Waals surface area contributed by atoms with Crippen LogP contribution in [0, 0.1) is 5.92 Å². The van der Waals surface area contributed by atoms with E-state index in [1.807, 2.05) is 18.7 Å². The number of fused-ring (bicyclic) bond motifs is 3. The molecular weight excluding hydrogens is 266 g/mol. The minimum atomic E-state index is -0.697. The summed E-state index contributed by atoms with van der Waals surface area (Å²) in [6.07, 6.45) is 2.72. The molecule has 0 unspecified atom stereocenters. The maximum atomic E-state index is 12.4. The zero-order valence-corrected chi connectivity index (χ0v) is 13.7. The quantitative estimate of drug-likeness (QED) is 0.766. The maximum absolute atomic E-state index is 12.4. The smallest absolute Gasteiger partial charge is 0.254 e. The van der Waals surface area contributed by atoms with Crippen LogP contribution >= 0.6 is 0 Å². The Bertz CT molecular complexity index is 383. The van der Waals surface area contributed by atoms with Gasteiger partial charge in [0, 0.05) is 45.9 Å². The molecule has 0 aromatic carbocycles. The molecule has 4 saturated heterocycles. The van der Waals surface area contributed by atoms with Crippen LogP contribution in [0.3, 0.4) is 0 Å². The standard InChI is InChI=1S/C16H29N3O2/c1-16(2,21-3)15(20)19-10-8-18(9-11-19)14-12-17-6-4-13(14)5-7-17/h13-14H,4-12H2,1-3H3/t14-/m0/s1. The minimum Gasteiger partial charge on any atom is -0.369 e. The number of piperidine rings is 3. The molecule has 0 N–H and O–H groups in total. The van der Waals surface area contributed by atoms with Gasteiger partial charge in [0.2, 0.25) is 0 Å². The average Bonchev–Trinajstić information content (AvgIpc) is 2.55. The molecular formula is C16H29N3O2. The van der Waals surface area contributed by atoms with E-state index in [1.165, 1.54) is 32.5 Å². The summed E-state index contributed by atoms with van der Waals surface area (Å²) in [6.45, 7) is 11.3. The van der Waals surface area contributed by atoms with Gasteiger partial charge in [0.15, 0.2) is 0 Å². The molecule has 0 radical (unpaired) electrons. The summed E-state index contributed by atoms with van der Waals surface area (Å²) in [5.74, 6) is 1.01. The highest BCUT2D eigenvalue weighted by atomic mass is 16.5. The number of hydrogen-bond acceptors (Lipinski definition) is 4. The van der Waals surface area contributed by atoms with Gasteiger partial charge in [-0.2, -0.15) is 0 Å². The van der Waals surface area contributed by atoms with Crippen molar-refractivity contribution in [2.45, 2.75) is 38.3 Å². The van der Waals surface area contributed by atoms with Crippen molar-refractivity contribution in [1.29, 1.82) is 0 Å². The lowest BCUT2D eigenvalue weighted by atomic mass is 9.83. The summed E-state index contributed by atoms with van der Waals surface area (Å²) in [6, 6.07) is 0.722. The van der Waals surface area contributed by atoms with Crippen LogP contribution in [0.5, 0.6) is 0 Å². The number of ether oxygens (including phenoxy) is 1. The SMILES string of the molecule is COC(C)(C)C(=O)N1CCN([C@H]2CN3CCC2CC3)CC1. The number of amides is 1. The molecule has 0 aromatic rings. The van der Waals surface area contributed by atoms with Gasteiger partial charge in [-0.25, -0.2) is 0 Å². The molecule has 21 heavy (non-hydrogen) atoms. The van der Waals surface area contributed by atoms with Crippen LogP contribution in [0.2, 0.25) is 0 Å². The van der Waals surface area contributed by atoms with E-state index in [9.17, 15) is 4.79 Å². The molecule has 5 nitrogen and oxygen atoms in total. The highest BCUT2D eigenvalue weighted by molar-refractivity contribution is 5.84. The molecule has 0 aromatic heterocycles. The fourth-order valence-electron chi connectivity index (χ4n) is 4.07. The lowest BCUT2D eigenvalue weighted by molar-refractivity contribution is -0.153. The first-order valence-corrected chi connectivity index (χ1v) is 8.32. The van der Waals surface area contributed by atoms with Crippen LogP contribution in [0.15, 0.2) is 0 Å². The molecule has 1 amide bonds. The lowest BCUT2D eigenvalue weighted by Gasteiger charge is -2.51. The molecule has 5 heteroatoms. The van der Waals surface area contributed by atoms with Gasteiger partial charge in [-0.3, -0.25) is 9.69 Å². The van der Waals surface area contributed by atoms with Gasteiger partial charge < -0.3 is 14.5 Å². The largest absolute Gasteiger partial charge is 0.369 e. The van der Waals surface area contributed by atoms with Crippen LogP contribution in [-0.2, 0) is 9.53 Å². The van der Waals surface area contributed by atoms with Crippen LogP contribution in [-0.4, -0.2) is 85.2 Å². The van der Waals surface area contributed by atoms with Crippen molar-refractivity contribution in [3.8, 4) is 0 Å². The molecule has 1 atom stereocenters. The molecule has 4 rings (SSSR count). The molecule has 4 aliphatic rings. The summed E-state index contributed by atoms with van der Waals surface area (Å²) in [5, 5.41) is 0. The van der Waals surface area contributed by atoms with Gasteiger partial charge in [0.05, 0.1) is 0 Å². The summed E-state index contributed by atoms with van der Waals surface area (Å²) in [7, 11) is 1.61. The fraction of sp³-hybridized carbons (Fsp3) is 0.938. The molecule has 4 heterocycles. The first-order valence-electron chi connectivity index (χ1n) is 8.32. The Hall–Kier alpha value is -0.650. The predicted octanol–water partition coefficient (Wildman–Crippen LogP) is 0.650. The number of hydrogen-bond donors (Lipinski definition) is 0. The molecule has 4 fully saturated rings. The first kappa shape index (κ1) is 15.3. The Labute approximate surface area is 128 Å². The van der Waals surface area contributed by atoms with Gasteiger partial charge in [-0.15, -0.1) is 0 Å². The third-order valence-electron chi connectivity index (χ3n) is 5.72. The van der Waals surface area contributed by atoms with Crippen molar-refractivity contribution in [2.75, 3.05) is 52.9 Å². The number of carbonyl (C=O) groups is 1. The minimum absolute atomic E-state index is 0.124. The summed E-state index contributed by atoms with van der Waals surface area (Å²) < 4.78 is 5.32. The van der Waals surface area contributed by atoms with Crippen LogP contribution < -0.4 is 0 Å². The second-order valence-corrected chi connectivity index (χ2v) is 7.25. The topological polar surface area (TPSA) is 36.0 Å². The predicted molar refractivity (Wildman–Crippen MR) is 82.2 cm³/mol. The monoisotopic (exact) mass is 295 g/mol. The number of carbonyl (C=O) groups excluding carboxylic acids is 1. The number of piperazine rings is 1. The molecule has 2 bridgehead atoms. The molecule has 0 spiro atoms. The van der Waals surface area contributed by atoms with Gasteiger partial charge in [-0.1, -0.05) is 0 Å². The normalized spacial score (nSPS) is 34.2. The van der Waals surface area contributed by atoms with E-state index in [2.05, 4.69) is 9.80 Å². The zero-order chi connectivity index (χ0) is 15.0. The molecule has 0 saturated carbocycles. The van der Waals surface area contributed by atoms with Crippen molar-refractivity contribution < 1.29 is 9.53 Å². The number of rotatable bonds is 3. The summed E-state index contributed by atoms with van der Waals surface area (Å²) >= 11 is 0. The Morgan fingerprint density at radius 2 is 1.67 bits per heavy atom. The summed E-state index contributed by atoms with van der Waals surface area (Å²) in [5.41, 5.74) is -0.697. The third kappa shape index (κ3) is 2.96. The molecule has 4 aliphatic heterocycles. The van der Waals surface area contributed by atoms with Crippen LogP contribution in [0.1, 0.15) is 26.7 Å². The van der Waals surface area contributed by atoms with Crippen LogP contribution in [0.25, 0.3) is 0 Å². The van der Waals surface area contributed by atoms with Gasteiger partial charge in [-0.05, 0) is 45.7 Å². The third-order valence-corrected chi connectivity index (χ3v) is 5.72. The average molecular weight is 295 g/mol. The van der Waals surface area contributed by atoms with Crippen molar-refractivity contribution in [1.82, 2.24) is 14.7 Å². The Morgan fingerprint density at radius 1 is 1.05 bits per heavy atom. The molecule has 120 valence electrons. The van der Waals surface area contributed by atoms with Gasteiger partial charge >= 0.3 is 0 Å². The van der Waals surface area contributed by atoms with E-state index < -0.39 is 5.60 Å². The van der Waals surface area contributed by atoms with E-state index in [4.69, 9.17) is 4.74 Å². The number of nitrogens with zero attached hydrogens (tertiary/aromatic N) is 3.